The number of aryl methyl sites for hydroxylation is 1. The Morgan fingerprint density at radius 2 is 1.83 bits per heavy atom. The summed E-state index contributed by atoms with van der Waals surface area (Å²) in [5.41, 5.74) is 2.28. The van der Waals surface area contributed by atoms with Crippen LogP contribution in [0.1, 0.15) is 49.1 Å². The van der Waals surface area contributed by atoms with E-state index in [-0.39, 0.29) is 11.8 Å². The topological polar surface area (TPSA) is 75.3 Å². The molecule has 0 bridgehead atoms. The van der Waals surface area contributed by atoms with E-state index in [2.05, 4.69) is 19.2 Å². The van der Waals surface area contributed by atoms with Gasteiger partial charge in [-0.05, 0) is 44.4 Å². The minimum Gasteiger partial charge on any atom is -0.481 e. The molecule has 1 aromatic carbocycles. The number of ether oxygens (including phenoxy) is 1. The molecule has 1 atom stereocenters. The Balaban J connectivity index is 2.05. The van der Waals surface area contributed by atoms with Gasteiger partial charge in [-0.1, -0.05) is 26.0 Å². The molecule has 2 rings (SSSR count). The molecule has 0 radical (unpaired) electrons. The van der Waals surface area contributed by atoms with E-state index in [1.165, 1.54) is 5.56 Å². The predicted octanol–water partition coefficient (Wildman–Crippen LogP) is 4.30. The smallest absolute Gasteiger partial charge is 0.267 e. The van der Waals surface area contributed by atoms with Crippen molar-refractivity contribution in [2.45, 2.75) is 46.6 Å². The van der Waals surface area contributed by atoms with E-state index >= 15 is 0 Å². The molecule has 0 spiro atoms. The number of hydrogen-bond acceptors (Lipinski definition) is 4. The Hall–Kier alpha value is -2.74. The number of benzene rings is 1. The minimum atomic E-state index is -0.716. The van der Waals surface area contributed by atoms with Crippen LogP contribution < -0.4 is 10.1 Å². The molecule has 2 aromatic rings. The van der Waals surface area contributed by atoms with Crippen molar-refractivity contribution in [2.24, 2.45) is 0 Å². The van der Waals surface area contributed by atoms with E-state index in [4.69, 9.17) is 9.15 Å². The Morgan fingerprint density at radius 3 is 2.38 bits per heavy atom. The molecule has 1 unspecified atom stereocenters. The molecule has 126 valence electrons. The van der Waals surface area contributed by atoms with Gasteiger partial charge in [0.1, 0.15) is 23.1 Å². The Morgan fingerprint density at radius 1 is 1.21 bits per heavy atom. The van der Waals surface area contributed by atoms with Gasteiger partial charge >= 0.3 is 0 Å². The first kappa shape index (κ1) is 17.6. The highest BCUT2D eigenvalue weighted by molar-refractivity contribution is 5.94. The lowest BCUT2D eigenvalue weighted by molar-refractivity contribution is -0.122. The lowest BCUT2D eigenvalue weighted by atomic mass is 10.0. The van der Waals surface area contributed by atoms with Crippen molar-refractivity contribution >= 4 is 11.8 Å². The third-order valence-electron chi connectivity index (χ3n) is 3.96. The van der Waals surface area contributed by atoms with Gasteiger partial charge in [-0.2, -0.15) is 5.26 Å². The van der Waals surface area contributed by atoms with Gasteiger partial charge in [0.05, 0.1) is 0 Å². The maximum atomic E-state index is 12.3. The highest BCUT2D eigenvalue weighted by Crippen LogP contribution is 2.26. The van der Waals surface area contributed by atoms with Crippen LogP contribution in [-0.4, -0.2) is 12.0 Å². The van der Waals surface area contributed by atoms with Crippen LogP contribution in [0.3, 0.4) is 0 Å². The molecule has 0 aliphatic rings. The average Bonchev–Trinajstić information content (AvgIpc) is 2.81. The number of hydrogen-bond donors (Lipinski definition) is 1. The minimum absolute atomic E-state index is 0.170. The SMILES string of the molecule is Cc1oc(NC(=O)C(C)Oc2ccc(C(C)C)cc2)c(C#N)c1C. The summed E-state index contributed by atoms with van der Waals surface area (Å²) in [7, 11) is 0. The van der Waals surface area contributed by atoms with Crippen LogP contribution in [0.15, 0.2) is 28.7 Å². The molecule has 0 saturated carbocycles. The first-order valence-electron chi connectivity index (χ1n) is 7.91. The number of rotatable bonds is 5. The molecular formula is C19H22N2O3. The molecule has 24 heavy (non-hydrogen) atoms. The average molecular weight is 326 g/mol. The largest absolute Gasteiger partial charge is 0.481 e. The lowest BCUT2D eigenvalue weighted by Crippen LogP contribution is -2.30. The quantitative estimate of drug-likeness (QED) is 0.889. The van der Waals surface area contributed by atoms with Crippen molar-refractivity contribution in [1.82, 2.24) is 0 Å². The van der Waals surface area contributed by atoms with E-state index < -0.39 is 6.10 Å². The molecule has 5 nitrogen and oxygen atoms in total. The fourth-order valence-electron chi connectivity index (χ4n) is 2.25. The molecule has 1 amide bonds. The summed E-state index contributed by atoms with van der Waals surface area (Å²) < 4.78 is 11.1. The first-order chi connectivity index (χ1) is 11.3. The zero-order chi connectivity index (χ0) is 17.9. The second-order valence-electron chi connectivity index (χ2n) is 6.07. The molecular weight excluding hydrogens is 304 g/mol. The number of amides is 1. The Bertz CT molecular complexity index is 767. The second kappa shape index (κ2) is 7.22. The lowest BCUT2D eigenvalue weighted by Gasteiger charge is -2.14. The number of nitrogens with zero attached hydrogens (tertiary/aromatic N) is 1. The Kier molecular flexibility index (Phi) is 5.30. The van der Waals surface area contributed by atoms with Crippen molar-refractivity contribution in [1.29, 1.82) is 5.26 Å². The summed E-state index contributed by atoms with van der Waals surface area (Å²) in [4.78, 5) is 12.3. The van der Waals surface area contributed by atoms with Crippen LogP contribution in [0.4, 0.5) is 5.88 Å². The van der Waals surface area contributed by atoms with Gasteiger partial charge in [0.15, 0.2) is 6.10 Å². The number of furan rings is 1. The Labute approximate surface area is 142 Å². The van der Waals surface area contributed by atoms with Crippen molar-refractivity contribution in [3.05, 3.63) is 46.7 Å². The van der Waals surface area contributed by atoms with Crippen LogP contribution in [0.2, 0.25) is 0 Å². The number of carbonyl (C=O) groups is 1. The fourth-order valence-corrected chi connectivity index (χ4v) is 2.25. The van der Waals surface area contributed by atoms with Gasteiger partial charge in [0, 0.05) is 5.56 Å². The van der Waals surface area contributed by atoms with Gasteiger partial charge in [0.2, 0.25) is 5.88 Å². The predicted molar refractivity (Wildman–Crippen MR) is 92.1 cm³/mol. The highest BCUT2D eigenvalue weighted by Gasteiger charge is 2.21. The summed E-state index contributed by atoms with van der Waals surface area (Å²) in [6, 6.07) is 9.71. The normalized spacial score (nSPS) is 11.9. The molecule has 5 heteroatoms. The molecule has 0 saturated heterocycles. The molecule has 1 heterocycles. The molecule has 0 aliphatic carbocycles. The van der Waals surface area contributed by atoms with E-state index in [1.54, 1.807) is 20.8 Å². The fraction of sp³-hybridized carbons (Fsp3) is 0.368. The number of nitrogens with one attached hydrogen (secondary N) is 1. The molecule has 1 N–H and O–H groups in total. The monoisotopic (exact) mass is 326 g/mol. The summed E-state index contributed by atoms with van der Waals surface area (Å²) in [6.45, 7) is 9.42. The number of nitriles is 1. The number of carbonyl (C=O) groups excluding carboxylic acids is 1. The van der Waals surface area contributed by atoms with Crippen LogP contribution in [-0.2, 0) is 4.79 Å². The van der Waals surface area contributed by atoms with E-state index in [9.17, 15) is 10.1 Å². The van der Waals surface area contributed by atoms with Crippen LogP contribution in [0, 0.1) is 25.2 Å². The third-order valence-corrected chi connectivity index (χ3v) is 3.96. The number of anilines is 1. The van der Waals surface area contributed by atoms with Gasteiger partial charge in [-0.15, -0.1) is 0 Å². The highest BCUT2D eigenvalue weighted by atomic mass is 16.5. The van der Waals surface area contributed by atoms with E-state index in [0.29, 0.717) is 23.0 Å². The summed E-state index contributed by atoms with van der Waals surface area (Å²) in [5.74, 6) is 1.47. The van der Waals surface area contributed by atoms with Gasteiger partial charge < -0.3 is 9.15 Å². The van der Waals surface area contributed by atoms with Crippen molar-refractivity contribution < 1.29 is 13.9 Å². The second-order valence-corrected chi connectivity index (χ2v) is 6.07. The molecule has 0 aliphatic heterocycles. The zero-order valence-corrected chi connectivity index (χ0v) is 14.6. The molecule has 0 fully saturated rings. The van der Waals surface area contributed by atoms with Crippen molar-refractivity contribution in [2.75, 3.05) is 5.32 Å². The van der Waals surface area contributed by atoms with Crippen LogP contribution >= 0.6 is 0 Å². The van der Waals surface area contributed by atoms with Crippen molar-refractivity contribution in [3.63, 3.8) is 0 Å². The summed E-state index contributed by atoms with van der Waals surface area (Å²) in [5, 5.41) is 11.8. The zero-order valence-electron chi connectivity index (χ0n) is 14.6. The summed E-state index contributed by atoms with van der Waals surface area (Å²) >= 11 is 0. The van der Waals surface area contributed by atoms with E-state index in [1.807, 2.05) is 30.3 Å². The van der Waals surface area contributed by atoms with Crippen LogP contribution in [0.25, 0.3) is 0 Å². The molecule has 1 aromatic heterocycles. The van der Waals surface area contributed by atoms with Gasteiger partial charge in [0.25, 0.3) is 5.91 Å². The van der Waals surface area contributed by atoms with Gasteiger partial charge in [-0.25, -0.2) is 0 Å². The van der Waals surface area contributed by atoms with Gasteiger partial charge in [-0.3, -0.25) is 10.1 Å². The first-order valence-corrected chi connectivity index (χ1v) is 7.91. The van der Waals surface area contributed by atoms with Crippen LogP contribution in [0.5, 0.6) is 5.75 Å². The van der Waals surface area contributed by atoms with Crippen molar-refractivity contribution in [3.8, 4) is 11.8 Å². The maximum absolute atomic E-state index is 12.3. The summed E-state index contributed by atoms with van der Waals surface area (Å²) in [6.07, 6.45) is -0.716. The standard InChI is InChI=1S/C19H22N2O3/c1-11(2)15-6-8-16(9-7-15)23-14(5)18(22)21-19-17(10-20)12(3)13(4)24-19/h6-9,11,14H,1-5H3,(H,21,22). The maximum Gasteiger partial charge on any atom is 0.267 e. The van der Waals surface area contributed by atoms with E-state index in [0.717, 1.165) is 5.56 Å². The third kappa shape index (κ3) is 3.77.